The predicted octanol–water partition coefficient (Wildman–Crippen LogP) is 3.49. The summed E-state index contributed by atoms with van der Waals surface area (Å²) in [4.78, 5) is 23.3. The van der Waals surface area contributed by atoms with Crippen molar-refractivity contribution in [1.82, 2.24) is 14.5 Å². The van der Waals surface area contributed by atoms with E-state index in [0.29, 0.717) is 11.3 Å². The maximum atomic E-state index is 13.6. The SMILES string of the molecule is CC(=N[S+]([O-])C(C)(C)C)c1cc(Cl)nc2c(=O)n(C)c(N3CCC(F)(F)CC3)nc12. The molecule has 164 valence electrons. The van der Waals surface area contributed by atoms with Gasteiger partial charge in [0.25, 0.3) is 11.5 Å². The highest BCUT2D eigenvalue weighted by molar-refractivity contribution is 7.91. The Balaban J connectivity index is 2.16. The van der Waals surface area contributed by atoms with Crippen molar-refractivity contribution in [3.8, 4) is 0 Å². The standard InChI is InChI=1S/C19H24ClF2N5O2S/c1-11(25-30(29)18(2,3)4)12-10-13(20)23-15-14(12)24-17(26(5)16(15)28)27-8-6-19(21,22)7-9-27/h10H,6-9H2,1-5H3. The molecule has 0 spiro atoms. The Bertz CT molecular complexity index is 1060. The van der Waals surface area contributed by atoms with Crippen LogP contribution in [0.2, 0.25) is 5.15 Å². The van der Waals surface area contributed by atoms with Crippen LogP contribution < -0.4 is 10.5 Å². The smallest absolute Gasteiger partial charge is 0.281 e. The third-order valence-corrected chi connectivity index (χ3v) is 6.57. The van der Waals surface area contributed by atoms with Crippen LogP contribution in [0.4, 0.5) is 14.7 Å². The molecule has 1 aliphatic heterocycles. The molecule has 2 aromatic heterocycles. The first-order valence-electron chi connectivity index (χ1n) is 9.48. The minimum absolute atomic E-state index is 0.0437. The van der Waals surface area contributed by atoms with Crippen molar-refractivity contribution >= 4 is 45.7 Å². The molecule has 11 heteroatoms. The molecule has 1 atom stereocenters. The van der Waals surface area contributed by atoms with Gasteiger partial charge in [-0.2, -0.15) is 0 Å². The highest BCUT2D eigenvalue weighted by Crippen LogP contribution is 2.30. The Morgan fingerprint density at radius 2 is 1.87 bits per heavy atom. The molecule has 1 saturated heterocycles. The molecule has 0 aliphatic carbocycles. The lowest BCUT2D eigenvalue weighted by Crippen LogP contribution is -2.42. The fraction of sp³-hybridized carbons (Fsp3) is 0.579. The summed E-state index contributed by atoms with van der Waals surface area (Å²) in [6.07, 6.45) is -0.616. The largest absolute Gasteiger partial charge is 0.591 e. The van der Waals surface area contributed by atoms with E-state index in [4.69, 9.17) is 11.6 Å². The van der Waals surface area contributed by atoms with Gasteiger partial charge in [0, 0.05) is 38.5 Å². The zero-order valence-corrected chi connectivity index (χ0v) is 19.1. The van der Waals surface area contributed by atoms with Gasteiger partial charge in [-0.1, -0.05) is 16.0 Å². The summed E-state index contributed by atoms with van der Waals surface area (Å²) in [6, 6.07) is 1.52. The second-order valence-corrected chi connectivity index (χ2v) is 10.6. The molecule has 2 aromatic rings. The maximum Gasteiger partial charge on any atom is 0.281 e. The minimum Gasteiger partial charge on any atom is -0.591 e. The van der Waals surface area contributed by atoms with Crippen molar-refractivity contribution in [3.05, 3.63) is 27.1 Å². The molecule has 1 fully saturated rings. The van der Waals surface area contributed by atoms with E-state index in [9.17, 15) is 18.1 Å². The number of hydrogen-bond donors (Lipinski definition) is 0. The number of nitrogens with zero attached hydrogens (tertiary/aromatic N) is 5. The molecule has 0 bridgehead atoms. The summed E-state index contributed by atoms with van der Waals surface area (Å²) in [5.74, 6) is -2.44. The van der Waals surface area contributed by atoms with E-state index >= 15 is 0 Å². The van der Waals surface area contributed by atoms with Crippen molar-refractivity contribution < 1.29 is 13.3 Å². The zero-order chi connectivity index (χ0) is 22.4. The van der Waals surface area contributed by atoms with Crippen LogP contribution in [-0.4, -0.2) is 48.6 Å². The lowest BCUT2D eigenvalue weighted by atomic mass is 10.1. The lowest BCUT2D eigenvalue weighted by Gasteiger charge is -2.33. The van der Waals surface area contributed by atoms with E-state index in [-0.39, 0.29) is 48.1 Å². The van der Waals surface area contributed by atoms with E-state index in [2.05, 4.69) is 14.4 Å². The Morgan fingerprint density at radius 3 is 2.43 bits per heavy atom. The van der Waals surface area contributed by atoms with Gasteiger partial charge in [0.15, 0.2) is 5.52 Å². The second kappa shape index (κ2) is 8.05. The number of alkyl halides is 2. The molecule has 3 rings (SSSR count). The fourth-order valence-corrected chi connectivity index (χ4v) is 3.91. The summed E-state index contributed by atoms with van der Waals surface area (Å²) in [6.45, 7) is 7.23. The quantitative estimate of drug-likeness (QED) is 0.398. The first-order chi connectivity index (χ1) is 13.8. The molecular formula is C19H24ClF2N5O2S. The van der Waals surface area contributed by atoms with Crippen molar-refractivity contribution in [2.75, 3.05) is 18.0 Å². The summed E-state index contributed by atoms with van der Waals surface area (Å²) in [5.41, 5.74) is 0.684. The average Bonchev–Trinajstić information content (AvgIpc) is 2.64. The molecule has 0 saturated carbocycles. The molecule has 0 radical (unpaired) electrons. The molecule has 0 amide bonds. The van der Waals surface area contributed by atoms with Crippen LogP contribution in [0.5, 0.6) is 0 Å². The van der Waals surface area contributed by atoms with Crippen LogP contribution in [0.1, 0.15) is 46.1 Å². The lowest BCUT2D eigenvalue weighted by molar-refractivity contribution is -0.0223. The molecule has 3 heterocycles. The number of fused-ring (bicyclic) bond motifs is 1. The van der Waals surface area contributed by atoms with Gasteiger partial charge in [-0.3, -0.25) is 9.36 Å². The predicted molar refractivity (Wildman–Crippen MR) is 116 cm³/mol. The van der Waals surface area contributed by atoms with E-state index < -0.39 is 27.6 Å². The Morgan fingerprint density at radius 1 is 1.27 bits per heavy atom. The highest BCUT2D eigenvalue weighted by atomic mass is 35.5. The highest BCUT2D eigenvalue weighted by Gasteiger charge is 2.35. The number of anilines is 1. The first kappa shape index (κ1) is 22.9. The van der Waals surface area contributed by atoms with Crippen LogP contribution in [0.3, 0.4) is 0 Å². The number of piperidine rings is 1. The van der Waals surface area contributed by atoms with Gasteiger partial charge in [-0.15, -0.1) is 0 Å². The van der Waals surface area contributed by atoms with Crippen LogP contribution in [-0.2, 0) is 18.4 Å². The number of pyridine rings is 1. The summed E-state index contributed by atoms with van der Waals surface area (Å²) in [5, 5.41) is 0.0813. The monoisotopic (exact) mass is 459 g/mol. The van der Waals surface area contributed by atoms with E-state index in [0.717, 1.165) is 0 Å². The topological polar surface area (TPSA) is 86.4 Å². The van der Waals surface area contributed by atoms with Gasteiger partial charge in [0.2, 0.25) is 5.95 Å². The maximum absolute atomic E-state index is 13.6. The fourth-order valence-electron chi connectivity index (χ4n) is 3.10. The summed E-state index contributed by atoms with van der Waals surface area (Å²) in [7, 11) is 1.52. The normalized spacial score (nSPS) is 18.7. The van der Waals surface area contributed by atoms with Crippen molar-refractivity contribution in [3.63, 3.8) is 0 Å². The van der Waals surface area contributed by atoms with Crippen LogP contribution in [0.25, 0.3) is 11.0 Å². The Labute approximate surface area is 181 Å². The van der Waals surface area contributed by atoms with Gasteiger partial charge in [-0.05, 0) is 33.8 Å². The molecular weight excluding hydrogens is 436 g/mol. The van der Waals surface area contributed by atoms with Gasteiger partial charge in [0.05, 0.1) is 5.71 Å². The van der Waals surface area contributed by atoms with Gasteiger partial charge in [0.1, 0.15) is 26.8 Å². The summed E-state index contributed by atoms with van der Waals surface area (Å²) >= 11 is 4.60. The van der Waals surface area contributed by atoms with E-state index in [1.54, 1.807) is 32.6 Å². The second-order valence-electron chi connectivity index (χ2n) is 8.35. The molecule has 30 heavy (non-hydrogen) atoms. The van der Waals surface area contributed by atoms with Crippen LogP contribution in [0.15, 0.2) is 15.3 Å². The van der Waals surface area contributed by atoms with Crippen molar-refractivity contribution in [2.45, 2.75) is 51.2 Å². The van der Waals surface area contributed by atoms with Gasteiger partial charge in [-0.25, -0.2) is 18.7 Å². The molecule has 0 aromatic carbocycles. The molecule has 0 N–H and O–H groups in total. The number of hydrogen-bond acceptors (Lipinski definition) is 6. The van der Waals surface area contributed by atoms with E-state index in [1.165, 1.54) is 17.7 Å². The molecule has 7 nitrogen and oxygen atoms in total. The van der Waals surface area contributed by atoms with E-state index in [1.807, 2.05) is 0 Å². The average molecular weight is 460 g/mol. The number of rotatable bonds is 3. The van der Waals surface area contributed by atoms with Crippen LogP contribution in [0, 0.1) is 0 Å². The number of aromatic nitrogens is 3. The van der Waals surface area contributed by atoms with Crippen LogP contribution >= 0.6 is 11.6 Å². The van der Waals surface area contributed by atoms with Gasteiger partial charge < -0.3 is 9.45 Å². The Hall–Kier alpha value is -1.78. The number of halogens is 3. The van der Waals surface area contributed by atoms with Crippen molar-refractivity contribution in [2.24, 2.45) is 11.4 Å². The van der Waals surface area contributed by atoms with Crippen molar-refractivity contribution in [1.29, 1.82) is 0 Å². The molecule has 1 unspecified atom stereocenters. The minimum atomic E-state index is -2.72. The summed E-state index contributed by atoms with van der Waals surface area (Å²) < 4.78 is 44.6. The Kier molecular flexibility index (Phi) is 6.14. The third kappa shape index (κ3) is 4.60. The molecule has 1 aliphatic rings. The zero-order valence-electron chi connectivity index (χ0n) is 17.5. The van der Waals surface area contributed by atoms with Gasteiger partial charge >= 0.3 is 0 Å². The first-order valence-corrected chi connectivity index (χ1v) is 11.0. The third-order valence-electron chi connectivity index (χ3n) is 4.89.